The molecule has 0 spiro atoms. The summed E-state index contributed by atoms with van der Waals surface area (Å²) in [5.74, 6) is -0.871. The molecule has 0 aliphatic rings. The van der Waals surface area contributed by atoms with E-state index in [1.54, 1.807) is 0 Å². The number of unbranched alkanes of at least 4 members (excludes halogenated alkanes) is 37. The first-order valence-corrected chi connectivity index (χ1v) is 29.5. The Hall–Kier alpha value is -2.37. The van der Waals surface area contributed by atoms with E-state index < -0.39 is 6.10 Å². The summed E-state index contributed by atoms with van der Waals surface area (Å²) in [6.07, 6.45) is 67.4. The van der Waals surface area contributed by atoms with Gasteiger partial charge < -0.3 is 14.2 Å². The van der Waals surface area contributed by atoms with Crippen molar-refractivity contribution >= 4 is 17.9 Å². The molecule has 6 heteroatoms. The van der Waals surface area contributed by atoms with Crippen LogP contribution in [0.5, 0.6) is 0 Å². The van der Waals surface area contributed by atoms with Crippen LogP contribution in [-0.2, 0) is 28.6 Å². The van der Waals surface area contributed by atoms with Crippen molar-refractivity contribution in [3.63, 3.8) is 0 Å². The Morgan fingerprint density at radius 1 is 0.299 bits per heavy atom. The number of carbonyl (C=O) groups is 3. The fraction of sp³-hybridized carbons (Fsp3) is 0.852. The number of ether oxygens (including phenoxy) is 3. The molecule has 0 aromatic heterocycles. The first-order valence-electron chi connectivity index (χ1n) is 29.5. The van der Waals surface area contributed by atoms with Gasteiger partial charge >= 0.3 is 17.9 Å². The van der Waals surface area contributed by atoms with Crippen LogP contribution in [0.25, 0.3) is 0 Å². The Labute approximate surface area is 416 Å². The van der Waals surface area contributed by atoms with Crippen LogP contribution in [0, 0.1) is 0 Å². The zero-order valence-electron chi connectivity index (χ0n) is 44.9. The second kappa shape index (κ2) is 56.2. The van der Waals surface area contributed by atoms with Crippen molar-refractivity contribution in [1.29, 1.82) is 0 Å². The van der Waals surface area contributed by atoms with E-state index in [4.69, 9.17) is 14.2 Å². The van der Waals surface area contributed by atoms with Gasteiger partial charge in [0.05, 0.1) is 0 Å². The third kappa shape index (κ3) is 54.4. The minimum atomic E-state index is -0.769. The van der Waals surface area contributed by atoms with Crippen LogP contribution in [0.2, 0.25) is 0 Å². The molecule has 0 heterocycles. The van der Waals surface area contributed by atoms with Crippen molar-refractivity contribution in [2.24, 2.45) is 0 Å². The highest BCUT2D eigenvalue weighted by molar-refractivity contribution is 5.71. The second-order valence-electron chi connectivity index (χ2n) is 19.9. The molecule has 67 heavy (non-hydrogen) atoms. The standard InChI is InChI=1S/C61H112O6/c1-4-7-10-13-16-18-20-22-24-26-28-30-31-32-34-35-37-39-41-43-45-48-51-54-60(63)66-57-58(56-65-59(62)53-50-47-15-12-9-6-3)67-61(64)55-52-49-46-44-42-40-38-36-33-29-27-25-23-21-19-17-14-11-8-5-2/h20,22,26,28,31-32,58H,4-19,21,23-25,27,29-30,33-57H2,1-3H3/b22-20-,28-26-,32-31-. The molecule has 0 aromatic rings. The van der Waals surface area contributed by atoms with Crippen LogP contribution in [0.4, 0.5) is 0 Å². The summed E-state index contributed by atoms with van der Waals surface area (Å²) in [7, 11) is 0. The van der Waals surface area contributed by atoms with Crippen LogP contribution in [0.3, 0.4) is 0 Å². The number of carbonyl (C=O) groups excluding carboxylic acids is 3. The van der Waals surface area contributed by atoms with Crippen LogP contribution < -0.4 is 0 Å². The minimum absolute atomic E-state index is 0.0714. The smallest absolute Gasteiger partial charge is 0.306 e. The molecule has 0 amide bonds. The fourth-order valence-corrected chi connectivity index (χ4v) is 8.69. The number of esters is 3. The lowest BCUT2D eigenvalue weighted by atomic mass is 10.0. The van der Waals surface area contributed by atoms with Gasteiger partial charge in [0.2, 0.25) is 0 Å². The molecule has 0 saturated carbocycles. The summed E-state index contributed by atoms with van der Waals surface area (Å²) in [5.41, 5.74) is 0. The molecule has 0 rings (SSSR count). The Balaban J connectivity index is 4.12. The summed E-state index contributed by atoms with van der Waals surface area (Å²) in [6, 6.07) is 0. The maximum Gasteiger partial charge on any atom is 0.306 e. The highest BCUT2D eigenvalue weighted by Gasteiger charge is 2.19. The lowest BCUT2D eigenvalue weighted by molar-refractivity contribution is -0.167. The third-order valence-corrected chi connectivity index (χ3v) is 13.1. The van der Waals surface area contributed by atoms with Gasteiger partial charge in [0, 0.05) is 19.3 Å². The van der Waals surface area contributed by atoms with Crippen LogP contribution in [-0.4, -0.2) is 37.2 Å². The molecule has 1 unspecified atom stereocenters. The normalized spacial score (nSPS) is 12.2. The van der Waals surface area contributed by atoms with Crippen LogP contribution >= 0.6 is 0 Å². The molecule has 0 radical (unpaired) electrons. The molecular formula is C61H112O6. The van der Waals surface area contributed by atoms with Gasteiger partial charge in [0.25, 0.3) is 0 Å². The monoisotopic (exact) mass is 941 g/mol. The van der Waals surface area contributed by atoms with Crippen LogP contribution in [0.1, 0.15) is 316 Å². The molecule has 0 saturated heterocycles. The third-order valence-electron chi connectivity index (χ3n) is 13.1. The number of hydrogen-bond donors (Lipinski definition) is 0. The van der Waals surface area contributed by atoms with E-state index >= 15 is 0 Å². The maximum atomic E-state index is 12.8. The minimum Gasteiger partial charge on any atom is -0.462 e. The van der Waals surface area contributed by atoms with Gasteiger partial charge in [-0.1, -0.05) is 276 Å². The molecule has 0 aliphatic carbocycles. The van der Waals surface area contributed by atoms with E-state index in [9.17, 15) is 14.4 Å². The van der Waals surface area contributed by atoms with Crippen molar-refractivity contribution < 1.29 is 28.6 Å². The molecule has 392 valence electrons. The molecule has 0 bridgehead atoms. The highest BCUT2D eigenvalue weighted by atomic mass is 16.6. The summed E-state index contributed by atoms with van der Waals surface area (Å²) in [6.45, 7) is 6.61. The lowest BCUT2D eigenvalue weighted by Crippen LogP contribution is -2.30. The van der Waals surface area contributed by atoms with Crippen molar-refractivity contribution in [2.75, 3.05) is 13.2 Å². The number of hydrogen-bond acceptors (Lipinski definition) is 6. The number of allylic oxidation sites excluding steroid dienone is 6. The quantitative estimate of drug-likeness (QED) is 0.0262. The van der Waals surface area contributed by atoms with Gasteiger partial charge in [0.1, 0.15) is 13.2 Å². The van der Waals surface area contributed by atoms with Gasteiger partial charge in [-0.2, -0.15) is 0 Å². The van der Waals surface area contributed by atoms with E-state index in [-0.39, 0.29) is 31.1 Å². The predicted octanol–water partition coefficient (Wildman–Crippen LogP) is 19.7. The van der Waals surface area contributed by atoms with E-state index in [2.05, 4.69) is 57.2 Å². The second-order valence-corrected chi connectivity index (χ2v) is 19.9. The summed E-state index contributed by atoms with van der Waals surface area (Å²) >= 11 is 0. The molecule has 0 aromatic carbocycles. The van der Waals surface area contributed by atoms with Crippen LogP contribution in [0.15, 0.2) is 36.5 Å². The van der Waals surface area contributed by atoms with E-state index in [1.807, 2.05) is 0 Å². The SMILES string of the molecule is CCCCCCC/C=C\C/C=C\C/C=C\CCCCCCCCCCC(=O)OCC(COC(=O)CCCCCCCC)OC(=O)CCCCCCCCCCCCCCCCCCCCCC. The lowest BCUT2D eigenvalue weighted by Gasteiger charge is -2.18. The van der Waals surface area contributed by atoms with Gasteiger partial charge in [-0.25, -0.2) is 0 Å². The average molecular weight is 942 g/mol. The highest BCUT2D eigenvalue weighted by Crippen LogP contribution is 2.17. The first kappa shape index (κ1) is 64.6. The average Bonchev–Trinajstić information content (AvgIpc) is 3.33. The largest absolute Gasteiger partial charge is 0.462 e. The van der Waals surface area contributed by atoms with E-state index in [0.29, 0.717) is 19.3 Å². The Kier molecular flexibility index (Phi) is 54.2. The molecular weight excluding hydrogens is 829 g/mol. The predicted molar refractivity (Wildman–Crippen MR) is 289 cm³/mol. The maximum absolute atomic E-state index is 12.8. The molecule has 6 nitrogen and oxygen atoms in total. The van der Waals surface area contributed by atoms with Crippen molar-refractivity contribution in [3.8, 4) is 0 Å². The van der Waals surface area contributed by atoms with Gasteiger partial charge in [0.15, 0.2) is 6.10 Å². The Morgan fingerprint density at radius 3 is 0.836 bits per heavy atom. The summed E-state index contributed by atoms with van der Waals surface area (Å²) < 4.78 is 16.8. The van der Waals surface area contributed by atoms with Crippen molar-refractivity contribution in [1.82, 2.24) is 0 Å². The van der Waals surface area contributed by atoms with Crippen molar-refractivity contribution in [3.05, 3.63) is 36.5 Å². The van der Waals surface area contributed by atoms with Gasteiger partial charge in [-0.05, 0) is 57.8 Å². The topological polar surface area (TPSA) is 78.9 Å². The van der Waals surface area contributed by atoms with Gasteiger partial charge in [-0.3, -0.25) is 14.4 Å². The van der Waals surface area contributed by atoms with Crippen molar-refractivity contribution in [2.45, 2.75) is 322 Å². The van der Waals surface area contributed by atoms with Gasteiger partial charge in [-0.15, -0.1) is 0 Å². The zero-order valence-corrected chi connectivity index (χ0v) is 44.9. The van der Waals surface area contributed by atoms with E-state index in [1.165, 1.54) is 199 Å². The first-order chi connectivity index (χ1) is 33.0. The zero-order chi connectivity index (χ0) is 48.6. The summed E-state index contributed by atoms with van der Waals surface area (Å²) in [4.78, 5) is 37.9. The molecule has 0 fully saturated rings. The molecule has 1 atom stereocenters. The van der Waals surface area contributed by atoms with E-state index in [0.717, 1.165) is 77.0 Å². The number of rotatable bonds is 54. The molecule has 0 N–H and O–H groups in total. The summed E-state index contributed by atoms with van der Waals surface area (Å²) in [5, 5.41) is 0. The Morgan fingerprint density at radius 2 is 0.537 bits per heavy atom. The molecule has 0 aliphatic heterocycles. The fourth-order valence-electron chi connectivity index (χ4n) is 8.69. The Bertz CT molecular complexity index is 1130.